The van der Waals surface area contributed by atoms with Crippen molar-refractivity contribution < 1.29 is 31.9 Å². The number of hydrogen-bond donors (Lipinski definition) is 1. The van der Waals surface area contributed by atoms with Crippen molar-refractivity contribution in [2.45, 2.75) is 77.1 Å². The third kappa shape index (κ3) is 12.2. The van der Waals surface area contributed by atoms with Gasteiger partial charge in [-0.1, -0.05) is 45.4 Å². The molecule has 1 heterocycles. The Balaban J connectivity index is 1.99. The average Bonchev–Trinajstić information content (AvgIpc) is 2.93. The lowest BCUT2D eigenvalue weighted by molar-refractivity contribution is -0.193. The van der Waals surface area contributed by atoms with Crippen molar-refractivity contribution in [2.75, 3.05) is 38.8 Å². The van der Waals surface area contributed by atoms with Crippen LogP contribution in [0.1, 0.15) is 65.2 Å². The summed E-state index contributed by atoms with van der Waals surface area (Å²) >= 11 is 0. The maximum atomic E-state index is 10.6. The maximum Gasteiger partial charge on any atom is 0.264 e. The fourth-order valence-electron chi connectivity index (χ4n) is 2.82. The molecule has 1 aliphatic heterocycles. The van der Waals surface area contributed by atoms with Crippen molar-refractivity contribution in [3.63, 3.8) is 0 Å². The van der Waals surface area contributed by atoms with Gasteiger partial charge in [-0.05, 0) is 19.8 Å². The molecule has 2 atom stereocenters. The molecule has 0 aromatic heterocycles. The number of rotatable bonds is 16. The standard InChI is InChI=1S/C18H36O7S/c1-3-4-5-6-7-8-9-11-22-14-17-15-24-18(2,25-17)16-23-12-10-13-26(19,20)21/h17H,3-16H2,1-2H3,(H,19,20,21). The molecule has 0 spiro atoms. The summed E-state index contributed by atoms with van der Waals surface area (Å²) in [6.07, 6.45) is 8.95. The molecule has 0 aliphatic carbocycles. The van der Waals surface area contributed by atoms with Crippen LogP contribution in [0.5, 0.6) is 0 Å². The summed E-state index contributed by atoms with van der Waals surface area (Å²) in [7, 11) is -3.93. The van der Waals surface area contributed by atoms with Gasteiger partial charge in [-0.25, -0.2) is 0 Å². The third-order valence-corrected chi connectivity index (χ3v) is 5.05. The zero-order valence-corrected chi connectivity index (χ0v) is 17.1. The van der Waals surface area contributed by atoms with Crippen LogP contribution in [0.15, 0.2) is 0 Å². The quantitative estimate of drug-likeness (QED) is 0.316. The van der Waals surface area contributed by atoms with E-state index in [0.717, 1.165) is 13.0 Å². The van der Waals surface area contributed by atoms with E-state index >= 15 is 0 Å². The van der Waals surface area contributed by atoms with Crippen molar-refractivity contribution in [3.05, 3.63) is 0 Å². The van der Waals surface area contributed by atoms with Gasteiger partial charge in [0.15, 0.2) is 5.79 Å². The van der Waals surface area contributed by atoms with Crippen molar-refractivity contribution in [2.24, 2.45) is 0 Å². The second-order valence-electron chi connectivity index (χ2n) is 7.07. The van der Waals surface area contributed by atoms with Crippen LogP contribution in [0.25, 0.3) is 0 Å². The zero-order chi connectivity index (χ0) is 19.3. The number of unbranched alkanes of at least 4 members (excludes halogenated alkanes) is 6. The Labute approximate surface area is 158 Å². The summed E-state index contributed by atoms with van der Waals surface area (Å²) in [5.41, 5.74) is 0. The molecule has 156 valence electrons. The Morgan fingerprint density at radius 2 is 1.69 bits per heavy atom. The first-order chi connectivity index (χ1) is 12.3. The molecule has 1 saturated heterocycles. The summed E-state index contributed by atoms with van der Waals surface area (Å²) in [6, 6.07) is 0. The predicted octanol–water partition coefficient (Wildman–Crippen LogP) is 3.18. The topological polar surface area (TPSA) is 91.3 Å². The van der Waals surface area contributed by atoms with E-state index in [1.54, 1.807) is 6.92 Å². The second kappa shape index (κ2) is 13.0. The van der Waals surface area contributed by atoms with Crippen LogP contribution >= 0.6 is 0 Å². The molecule has 8 heteroatoms. The molecule has 0 aromatic carbocycles. The maximum absolute atomic E-state index is 10.6. The second-order valence-corrected chi connectivity index (χ2v) is 8.65. The molecule has 0 radical (unpaired) electrons. The fraction of sp³-hybridized carbons (Fsp3) is 1.00. The highest BCUT2D eigenvalue weighted by Crippen LogP contribution is 2.24. The van der Waals surface area contributed by atoms with Gasteiger partial charge in [-0.3, -0.25) is 4.55 Å². The zero-order valence-electron chi connectivity index (χ0n) is 16.3. The molecule has 1 aliphatic rings. The molecular weight excluding hydrogens is 360 g/mol. The minimum atomic E-state index is -3.93. The van der Waals surface area contributed by atoms with Crippen LogP contribution in [0, 0.1) is 0 Å². The molecule has 2 unspecified atom stereocenters. The normalized spacial score (nSPS) is 23.6. The molecular formula is C18H36O7S. The van der Waals surface area contributed by atoms with Crippen molar-refractivity contribution in [3.8, 4) is 0 Å². The van der Waals surface area contributed by atoms with E-state index in [1.807, 2.05) is 0 Å². The Hall–Kier alpha value is -0.250. The van der Waals surface area contributed by atoms with E-state index in [1.165, 1.54) is 38.5 Å². The Morgan fingerprint density at radius 1 is 1.04 bits per heavy atom. The van der Waals surface area contributed by atoms with E-state index in [4.69, 9.17) is 23.5 Å². The van der Waals surface area contributed by atoms with Gasteiger partial charge in [0.25, 0.3) is 10.1 Å². The van der Waals surface area contributed by atoms with Gasteiger partial charge in [0.05, 0.1) is 19.0 Å². The van der Waals surface area contributed by atoms with Gasteiger partial charge in [0.2, 0.25) is 0 Å². The van der Waals surface area contributed by atoms with Crippen molar-refractivity contribution in [1.82, 2.24) is 0 Å². The Morgan fingerprint density at radius 3 is 2.38 bits per heavy atom. The van der Waals surface area contributed by atoms with Crippen LogP contribution in [-0.4, -0.2) is 63.6 Å². The first kappa shape index (κ1) is 23.8. The highest BCUT2D eigenvalue weighted by Gasteiger charge is 2.37. The van der Waals surface area contributed by atoms with Crippen molar-refractivity contribution in [1.29, 1.82) is 0 Å². The van der Waals surface area contributed by atoms with Gasteiger partial charge in [-0.15, -0.1) is 0 Å². The molecule has 0 amide bonds. The largest absolute Gasteiger partial charge is 0.379 e. The summed E-state index contributed by atoms with van der Waals surface area (Å²) in [4.78, 5) is 0. The molecule has 0 aromatic rings. The smallest absolute Gasteiger partial charge is 0.264 e. The molecule has 0 saturated carbocycles. The van der Waals surface area contributed by atoms with E-state index in [9.17, 15) is 8.42 Å². The molecule has 26 heavy (non-hydrogen) atoms. The first-order valence-electron chi connectivity index (χ1n) is 9.77. The predicted molar refractivity (Wildman–Crippen MR) is 99.9 cm³/mol. The molecule has 1 N–H and O–H groups in total. The SMILES string of the molecule is CCCCCCCCCOCC1COC(C)(COCCCS(=O)(=O)O)O1. The Kier molecular flexibility index (Phi) is 11.9. The van der Waals surface area contributed by atoms with Crippen LogP contribution in [0.2, 0.25) is 0 Å². The van der Waals surface area contributed by atoms with E-state index < -0.39 is 15.9 Å². The summed E-state index contributed by atoms with van der Waals surface area (Å²) < 4.78 is 52.4. The van der Waals surface area contributed by atoms with Gasteiger partial charge < -0.3 is 18.9 Å². The van der Waals surface area contributed by atoms with Crippen LogP contribution in [-0.2, 0) is 29.1 Å². The lowest BCUT2D eigenvalue weighted by atomic mass is 10.1. The fourth-order valence-corrected chi connectivity index (χ4v) is 3.31. The van der Waals surface area contributed by atoms with Gasteiger partial charge in [0.1, 0.15) is 12.7 Å². The van der Waals surface area contributed by atoms with Gasteiger partial charge in [-0.2, -0.15) is 8.42 Å². The highest BCUT2D eigenvalue weighted by atomic mass is 32.2. The van der Waals surface area contributed by atoms with E-state index in [2.05, 4.69) is 6.92 Å². The van der Waals surface area contributed by atoms with Crippen LogP contribution < -0.4 is 0 Å². The van der Waals surface area contributed by atoms with E-state index in [0.29, 0.717) is 13.2 Å². The lowest BCUT2D eigenvalue weighted by Crippen LogP contribution is -2.34. The van der Waals surface area contributed by atoms with Crippen LogP contribution in [0.4, 0.5) is 0 Å². The minimum absolute atomic E-state index is 0.106. The van der Waals surface area contributed by atoms with Crippen LogP contribution in [0.3, 0.4) is 0 Å². The molecule has 1 fully saturated rings. The van der Waals surface area contributed by atoms with Gasteiger partial charge in [0, 0.05) is 13.2 Å². The lowest BCUT2D eigenvalue weighted by Gasteiger charge is -2.23. The summed E-state index contributed by atoms with van der Waals surface area (Å²) in [5, 5.41) is 0. The molecule has 7 nitrogen and oxygen atoms in total. The molecule has 1 rings (SSSR count). The van der Waals surface area contributed by atoms with Gasteiger partial charge >= 0.3 is 0 Å². The average molecular weight is 397 g/mol. The monoisotopic (exact) mass is 396 g/mol. The van der Waals surface area contributed by atoms with Crippen molar-refractivity contribution >= 4 is 10.1 Å². The first-order valence-corrected chi connectivity index (χ1v) is 11.4. The third-order valence-electron chi connectivity index (χ3n) is 4.24. The summed E-state index contributed by atoms with van der Waals surface area (Å²) in [5.74, 6) is -1.13. The number of ether oxygens (including phenoxy) is 4. The highest BCUT2D eigenvalue weighted by molar-refractivity contribution is 7.85. The summed E-state index contributed by atoms with van der Waals surface area (Å²) in [6.45, 7) is 6.18. The Bertz CT molecular complexity index is 454. The van der Waals surface area contributed by atoms with E-state index in [-0.39, 0.29) is 31.5 Å². The minimum Gasteiger partial charge on any atom is -0.379 e. The molecule has 0 bridgehead atoms. The number of hydrogen-bond acceptors (Lipinski definition) is 6.